The van der Waals surface area contributed by atoms with Crippen LogP contribution in [0.3, 0.4) is 0 Å². The number of alkyl halides is 1. The van der Waals surface area contributed by atoms with Gasteiger partial charge in [-0.3, -0.25) is 0 Å². The van der Waals surface area contributed by atoms with Gasteiger partial charge in [-0.15, -0.1) is 0 Å². The lowest BCUT2D eigenvalue weighted by atomic mass is 10.1. The number of rotatable bonds is 3. The Morgan fingerprint density at radius 2 is 2.23 bits per heavy atom. The third-order valence-corrected chi connectivity index (χ3v) is 2.01. The molecule has 0 spiro atoms. The zero-order valence-corrected chi connectivity index (χ0v) is 7.88. The number of hydrogen-bond donors (Lipinski definition) is 1. The molecule has 0 saturated heterocycles. The van der Waals surface area contributed by atoms with E-state index in [9.17, 15) is 4.39 Å². The van der Waals surface area contributed by atoms with Crippen LogP contribution < -0.4 is 10.5 Å². The third kappa shape index (κ3) is 2.18. The maximum Gasteiger partial charge on any atom is 0.121 e. The summed E-state index contributed by atoms with van der Waals surface area (Å²) < 4.78 is 17.3. The Morgan fingerprint density at radius 3 is 2.69 bits per heavy atom. The van der Waals surface area contributed by atoms with Gasteiger partial charge in [-0.2, -0.15) is 0 Å². The summed E-state index contributed by atoms with van der Waals surface area (Å²) in [6, 6.07) is 4.92. The summed E-state index contributed by atoms with van der Waals surface area (Å²) in [5.74, 6) is 0.801. The Labute approximate surface area is 77.5 Å². The van der Waals surface area contributed by atoms with Crippen molar-refractivity contribution in [3.05, 3.63) is 29.3 Å². The molecule has 0 amide bonds. The number of halogens is 1. The molecule has 0 bridgehead atoms. The smallest absolute Gasteiger partial charge is 0.121 e. The molecule has 1 aromatic carbocycles. The molecule has 1 rings (SSSR count). The highest BCUT2D eigenvalue weighted by Crippen LogP contribution is 2.21. The van der Waals surface area contributed by atoms with Crippen molar-refractivity contribution < 1.29 is 9.13 Å². The van der Waals surface area contributed by atoms with E-state index in [2.05, 4.69) is 0 Å². The summed E-state index contributed by atoms with van der Waals surface area (Å²) in [5.41, 5.74) is 7.32. The van der Waals surface area contributed by atoms with Gasteiger partial charge in [0.05, 0.1) is 13.2 Å². The largest absolute Gasteiger partial charge is 0.496 e. The monoisotopic (exact) mass is 183 g/mol. The Kier molecular flexibility index (Phi) is 3.25. The first-order valence-corrected chi connectivity index (χ1v) is 4.15. The van der Waals surface area contributed by atoms with Gasteiger partial charge < -0.3 is 10.5 Å². The van der Waals surface area contributed by atoms with Crippen molar-refractivity contribution >= 4 is 0 Å². The molecule has 0 aliphatic carbocycles. The van der Waals surface area contributed by atoms with Crippen molar-refractivity contribution in [3.63, 3.8) is 0 Å². The van der Waals surface area contributed by atoms with Gasteiger partial charge in [0.25, 0.3) is 0 Å². The summed E-state index contributed by atoms with van der Waals surface area (Å²) >= 11 is 0. The van der Waals surface area contributed by atoms with Crippen molar-refractivity contribution in [2.24, 2.45) is 5.73 Å². The van der Waals surface area contributed by atoms with Crippen LogP contribution in [0.25, 0.3) is 0 Å². The van der Waals surface area contributed by atoms with E-state index in [1.54, 1.807) is 19.2 Å². The van der Waals surface area contributed by atoms with Crippen molar-refractivity contribution in [2.45, 2.75) is 13.0 Å². The van der Waals surface area contributed by atoms with Gasteiger partial charge in [0.2, 0.25) is 0 Å². The lowest BCUT2D eigenvalue weighted by Crippen LogP contribution is -2.12. The van der Waals surface area contributed by atoms with Gasteiger partial charge in [0, 0.05) is 0 Å². The van der Waals surface area contributed by atoms with Crippen LogP contribution in [-0.4, -0.2) is 13.8 Å². The van der Waals surface area contributed by atoms with E-state index in [0.717, 1.165) is 16.9 Å². The number of ether oxygens (including phenoxy) is 1. The van der Waals surface area contributed by atoms with E-state index in [1.165, 1.54) is 0 Å². The summed E-state index contributed by atoms with van der Waals surface area (Å²) in [7, 11) is 1.61. The molecule has 0 aliphatic heterocycles. The van der Waals surface area contributed by atoms with Crippen LogP contribution in [0.2, 0.25) is 0 Å². The molecule has 0 radical (unpaired) electrons. The lowest BCUT2D eigenvalue weighted by Gasteiger charge is -2.10. The number of methoxy groups -OCH3 is 1. The van der Waals surface area contributed by atoms with Gasteiger partial charge >= 0.3 is 0 Å². The standard InChI is InChI=1S/C10H14FNO/c1-7-5-8(9(12)6-11)3-4-10(7)13-2/h3-5,9H,6,12H2,1-2H3/t9-/m0/s1. The fraction of sp³-hybridized carbons (Fsp3) is 0.400. The zero-order chi connectivity index (χ0) is 9.84. The summed E-state index contributed by atoms with van der Waals surface area (Å²) in [5, 5.41) is 0. The highest BCUT2D eigenvalue weighted by atomic mass is 19.1. The predicted octanol–water partition coefficient (Wildman–Crippen LogP) is 1.97. The molecule has 0 saturated carbocycles. The molecule has 0 heterocycles. The van der Waals surface area contributed by atoms with Gasteiger partial charge in [-0.05, 0) is 24.1 Å². The van der Waals surface area contributed by atoms with Gasteiger partial charge in [-0.25, -0.2) is 4.39 Å². The topological polar surface area (TPSA) is 35.2 Å². The third-order valence-electron chi connectivity index (χ3n) is 2.01. The van der Waals surface area contributed by atoms with Crippen LogP contribution in [0.5, 0.6) is 5.75 Å². The van der Waals surface area contributed by atoms with E-state index < -0.39 is 12.7 Å². The van der Waals surface area contributed by atoms with Crippen molar-refractivity contribution in [3.8, 4) is 5.75 Å². The minimum Gasteiger partial charge on any atom is -0.496 e. The number of benzene rings is 1. The van der Waals surface area contributed by atoms with E-state index in [1.807, 2.05) is 13.0 Å². The van der Waals surface area contributed by atoms with Crippen LogP contribution in [-0.2, 0) is 0 Å². The molecular weight excluding hydrogens is 169 g/mol. The minimum absolute atomic E-state index is 0.524. The first-order valence-electron chi connectivity index (χ1n) is 4.15. The Hall–Kier alpha value is -1.09. The molecule has 0 fully saturated rings. The molecule has 1 aromatic rings. The first kappa shape index (κ1) is 9.99. The van der Waals surface area contributed by atoms with Gasteiger partial charge in [0.1, 0.15) is 12.4 Å². The van der Waals surface area contributed by atoms with Crippen LogP contribution >= 0.6 is 0 Å². The fourth-order valence-electron chi connectivity index (χ4n) is 1.22. The second-order valence-electron chi connectivity index (χ2n) is 2.99. The molecule has 2 N–H and O–H groups in total. The molecule has 2 nitrogen and oxygen atoms in total. The van der Waals surface area contributed by atoms with E-state index in [4.69, 9.17) is 10.5 Å². The van der Waals surface area contributed by atoms with E-state index >= 15 is 0 Å². The number of hydrogen-bond acceptors (Lipinski definition) is 2. The molecule has 0 aromatic heterocycles. The zero-order valence-electron chi connectivity index (χ0n) is 7.88. The number of aryl methyl sites for hydroxylation is 1. The first-order chi connectivity index (χ1) is 6.19. The second kappa shape index (κ2) is 4.23. The van der Waals surface area contributed by atoms with Crippen molar-refractivity contribution in [1.29, 1.82) is 0 Å². The van der Waals surface area contributed by atoms with Crippen LogP contribution in [0.1, 0.15) is 17.2 Å². The number of nitrogens with two attached hydrogens (primary N) is 1. The van der Waals surface area contributed by atoms with E-state index in [-0.39, 0.29) is 0 Å². The molecule has 0 unspecified atom stereocenters. The molecule has 13 heavy (non-hydrogen) atoms. The van der Waals surface area contributed by atoms with Crippen molar-refractivity contribution in [2.75, 3.05) is 13.8 Å². The Bertz CT molecular complexity index is 288. The predicted molar refractivity (Wildman–Crippen MR) is 50.6 cm³/mol. The molecular formula is C10H14FNO. The summed E-state index contributed by atoms with van der Waals surface area (Å²) in [4.78, 5) is 0. The Morgan fingerprint density at radius 1 is 1.54 bits per heavy atom. The normalized spacial score (nSPS) is 12.6. The molecule has 3 heteroatoms. The average molecular weight is 183 g/mol. The van der Waals surface area contributed by atoms with Crippen LogP contribution in [0.15, 0.2) is 18.2 Å². The summed E-state index contributed by atoms with van der Waals surface area (Å²) in [6.07, 6.45) is 0. The van der Waals surface area contributed by atoms with Crippen LogP contribution in [0, 0.1) is 6.92 Å². The molecule has 72 valence electrons. The lowest BCUT2D eigenvalue weighted by molar-refractivity contribution is 0.410. The van der Waals surface area contributed by atoms with Gasteiger partial charge in [0.15, 0.2) is 0 Å². The average Bonchev–Trinajstić information content (AvgIpc) is 2.16. The van der Waals surface area contributed by atoms with Crippen molar-refractivity contribution in [1.82, 2.24) is 0 Å². The van der Waals surface area contributed by atoms with E-state index in [0.29, 0.717) is 0 Å². The Balaban J connectivity index is 2.95. The minimum atomic E-state index is -0.536. The summed E-state index contributed by atoms with van der Waals surface area (Å²) in [6.45, 7) is 1.37. The highest BCUT2D eigenvalue weighted by molar-refractivity contribution is 5.37. The quantitative estimate of drug-likeness (QED) is 0.777. The SMILES string of the molecule is COc1ccc([C@@H](N)CF)cc1C. The fourth-order valence-corrected chi connectivity index (χ4v) is 1.22. The van der Waals surface area contributed by atoms with Gasteiger partial charge in [-0.1, -0.05) is 12.1 Å². The molecule has 0 aliphatic rings. The van der Waals surface area contributed by atoms with Crippen LogP contribution in [0.4, 0.5) is 4.39 Å². The molecule has 1 atom stereocenters. The maximum atomic E-state index is 12.2. The highest BCUT2D eigenvalue weighted by Gasteiger charge is 2.06. The maximum absolute atomic E-state index is 12.2. The second-order valence-corrected chi connectivity index (χ2v) is 2.99.